The lowest BCUT2D eigenvalue weighted by Crippen LogP contribution is -2.17. The van der Waals surface area contributed by atoms with Crippen molar-refractivity contribution in [1.82, 2.24) is 0 Å². The highest BCUT2D eigenvalue weighted by Gasteiger charge is 2.30. The molecule has 1 rings (SSSR count). The summed E-state index contributed by atoms with van der Waals surface area (Å²) < 4.78 is 37.6. The number of halogens is 4. The third-order valence-electron chi connectivity index (χ3n) is 2.65. The molecule has 0 aliphatic rings. The molecule has 0 spiro atoms. The molecule has 0 saturated carbocycles. The third-order valence-corrected chi connectivity index (χ3v) is 4.31. The molecule has 0 unspecified atom stereocenters. The van der Waals surface area contributed by atoms with E-state index in [0.29, 0.717) is 15.4 Å². The lowest BCUT2D eigenvalue weighted by molar-refractivity contribution is -0.137. The second kappa shape index (κ2) is 7.75. The Hall–Kier alpha value is -0.743. The smallest absolute Gasteiger partial charge is 0.166 e. The zero-order chi connectivity index (χ0) is 14.3. The normalized spacial score (nSPS) is 11.6. The Balaban J connectivity index is 2.47. The van der Waals surface area contributed by atoms with E-state index in [-0.39, 0.29) is 0 Å². The van der Waals surface area contributed by atoms with E-state index in [1.54, 1.807) is 6.07 Å². The van der Waals surface area contributed by atoms with Gasteiger partial charge in [0.2, 0.25) is 0 Å². The lowest BCUT2D eigenvalue weighted by Gasteiger charge is -2.09. The molecule has 0 atom stereocenters. The van der Waals surface area contributed by atoms with E-state index in [1.165, 1.54) is 12.1 Å². The fourth-order valence-electron chi connectivity index (χ4n) is 1.59. The second-order valence-corrected chi connectivity index (χ2v) is 5.99. The van der Waals surface area contributed by atoms with Crippen LogP contribution >= 0.6 is 11.6 Å². The van der Waals surface area contributed by atoms with Gasteiger partial charge in [0.05, 0.1) is 15.1 Å². The van der Waals surface area contributed by atoms with Crippen molar-refractivity contribution in [3.05, 3.63) is 42.0 Å². The summed E-state index contributed by atoms with van der Waals surface area (Å²) in [6.45, 7) is 3.95. The molecule has 5 heteroatoms. The van der Waals surface area contributed by atoms with Gasteiger partial charge in [-0.2, -0.15) is 13.2 Å². The Morgan fingerprint density at radius 2 is 2.00 bits per heavy atom. The summed E-state index contributed by atoms with van der Waals surface area (Å²) in [6, 6.07) is 6.28. The van der Waals surface area contributed by atoms with Gasteiger partial charge in [-0.3, -0.25) is 0 Å². The van der Waals surface area contributed by atoms with Crippen LogP contribution < -0.4 is 5.19 Å². The number of allylic oxidation sites excluding steroid dienone is 1. The molecule has 1 aromatic rings. The standard InChI is InChI=1S/C14H16ClF3Si/c1-11(5-2-3-8-15)10-19-13-7-4-6-12(9-13)14(16,17)18/h4,6-7,9H,1-3,5,8,10H2. The molecule has 0 aliphatic carbocycles. The van der Waals surface area contributed by atoms with Crippen molar-refractivity contribution in [2.24, 2.45) is 0 Å². The van der Waals surface area contributed by atoms with Crippen LogP contribution in [-0.2, 0) is 6.18 Å². The van der Waals surface area contributed by atoms with E-state index in [9.17, 15) is 13.2 Å². The quantitative estimate of drug-likeness (QED) is 0.303. The van der Waals surface area contributed by atoms with Crippen LogP contribution in [0.4, 0.5) is 13.2 Å². The molecule has 1 aromatic carbocycles. The SMILES string of the molecule is C=C(CCCCCl)C[Si]c1cccc(C(F)(F)F)c1. The van der Waals surface area contributed by atoms with Gasteiger partial charge < -0.3 is 0 Å². The van der Waals surface area contributed by atoms with Crippen molar-refractivity contribution in [3.63, 3.8) is 0 Å². The maximum atomic E-state index is 12.5. The minimum Gasteiger partial charge on any atom is -0.166 e. The summed E-state index contributed by atoms with van der Waals surface area (Å²) in [6.07, 6.45) is -1.42. The number of alkyl halides is 4. The van der Waals surface area contributed by atoms with Gasteiger partial charge in [0.15, 0.2) is 0 Å². The summed E-state index contributed by atoms with van der Waals surface area (Å²) in [5.74, 6) is 0.642. The van der Waals surface area contributed by atoms with Crippen LogP contribution in [0.25, 0.3) is 0 Å². The van der Waals surface area contributed by atoms with Crippen molar-refractivity contribution in [1.29, 1.82) is 0 Å². The molecule has 0 nitrogen and oxygen atoms in total. The van der Waals surface area contributed by atoms with Gasteiger partial charge in [-0.1, -0.05) is 35.0 Å². The topological polar surface area (TPSA) is 0 Å². The number of hydrogen-bond donors (Lipinski definition) is 0. The monoisotopic (exact) mass is 304 g/mol. The third kappa shape index (κ3) is 6.30. The van der Waals surface area contributed by atoms with Gasteiger partial charge in [0, 0.05) is 5.88 Å². The van der Waals surface area contributed by atoms with Crippen LogP contribution in [0.5, 0.6) is 0 Å². The number of unbranched alkanes of at least 4 members (excludes halogenated alkanes) is 1. The van der Waals surface area contributed by atoms with E-state index in [1.807, 2.05) is 0 Å². The number of hydrogen-bond acceptors (Lipinski definition) is 0. The van der Waals surface area contributed by atoms with Crippen LogP contribution in [0.3, 0.4) is 0 Å². The second-order valence-electron chi connectivity index (χ2n) is 4.33. The molecule has 0 aliphatic heterocycles. The largest absolute Gasteiger partial charge is 0.416 e. The summed E-state index contributed by atoms with van der Waals surface area (Å²) in [5, 5.41) is 0.730. The molecule has 0 N–H and O–H groups in total. The molecule has 0 bridgehead atoms. The Morgan fingerprint density at radius 1 is 1.26 bits per heavy atom. The average molecular weight is 305 g/mol. The van der Waals surface area contributed by atoms with E-state index in [2.05, 4.69) is 6.58 Å². The van der Waals surface area contributed by atoms with Gasteiger partial charge >= 0.3 is 6.18 Å². The molecular weight excluding hydrogens is 289 g/mol. The molecule has 0 amide bonds. The Bertz CT molecular complexity index is 415. The van der Waals surface area contributed by atoms with Crippen LogP contribution in [0.15, 0.2) is 36.4 Å². The predicted octanol–water partition coefficient (Wildman–Crippen LogP) is 4.42. The number of rotatable bonds is 7. The summed E-state index contributed by atoms with van der Waals surface area (Å²) in [5.41, 5.74) is 0.506. The first-order chi connectivity index (χ1) is 8.93. The molecule has 104 valence electrons. The summed E-state index contributed by atoms with van der Waals surface area (Å²) in [4.78, 5) is 0. The van der Waals surface area contributed by atoms with Crippen molar-refractivity contribution in [2.75, 3.05) is 5.88 Å². The Morgan fingerprint density at radius 3 is 2.63 bits per heavy atom. The summed E-state index contributed by atoms with van der Waals surface area (Å²) in [7, 11) is 0.340. The maximum Gasteiger partial charge on any atom is 0.416 e. The molecule has 19 heavy (non-hydrogen) atoms. The maximum absolute atomic E-state index is 12.5. The van der Waals surface area contributed by atoms with E-state index >= 15 is 0 Å². The van der Waals surface area contributed by atoms with Crippen LogP contribution in [0.2, 0.25) is 6.04 Å². The molecule has 0 heterocycles. The fourth-order valence-corrected chi connectivity index (χ4v) is 2.88. The highest BCUT2D eigenvalue weighted by molar-refractivity contribution is 6.54. The van der Waals surface area contributed by atoms with Gasteiger partial charge in [-0.05, 0) is 25.3 Å². The highest BCUT2D eigenvalue weighted by Crippen LogP contribution is 2.28. The average Bonchev–Trinajstić information content (AvgIpc) is 2.36. The van der Waals surface area contributed by atoms with Gasteiger partial charge in [-0.25, -0.2) is 0 Å². The Labute approximate surface area is 119 Å². The molecule has 0 aromatic heterocycles. The van der Waals surface area contributed by atoms with E-state index in [4.69, 9.17) is 11.6 Å². The van der Waals surface area contributed by atoms with Crippen molar-refractivity contribution in [3.8, 4) is 0 Å². The first-order valence-electron chi connectivity index (χ1n) is 6.07. The van der Waals surface area contributed by atoms with Gasteiger partial charge in [0.25, 0.3) is 0 Å². The fraction of sp³-hybridized carbons (Fsp3) is 0.429. The Kier molecular flexibility index (Phi) is 6.65. The van der Waals surface area contributed by atoms with Crippen LogP contribution in [0, 0.1) is 0 Å². The van der Waals surface area contributed by atoms with Gasteiger partial charge in [0.1, 0.15) is 0 Å². The van der Waals surface area contributed by atoms with Crippen molar-refractivity contribution >= 4 is 26.3 Å². The number of benzene rings is 1. The van der Waals surface area contributed by atoms with E-state index in [0.717, 1.165) is 42.1 Å². The zero-order valence-corrected chi connectivity index (χ0v) is 12.3. The first kappa shape index (κ1) is 16.3. The molecule has 0 saturated heterocycles. The van der Waals surface area contributed by atoms with Crippen LogP contribution in [0.1, 0.15) is 24.8 Å². The lowest BCUT2D eigenvalue weighted by atomic mass is 10.1. The van der Waals surface area contributed by atoms with Crippen LogP contribution in [-0.4, -0.2) is 15.4 Å². The summed E-state index contributed by atoms with van der Waals surface area (Å²) >= 11 is 5.58. The van der Waals surface area contributed by atoms with Crippen molar-refractivity contribution in [2.45, 2.75) is 31.5 Å². The molecule has 0 fully saturated rings. The van der Waals surface area contributed by atoms with E-state index < -0.39 is 11.7 Å². The minimum atomic E-state index is -4.27. The zero-order valence-electron chi connectivity index (χ0n) is 10.6. The van der Waals surface area contributed by atoms with Crippen molar-refractivity contribution < 1.29 is 13.2 Å². The van der Waals surface area contributed by atoms with Gasteiger partial charge in [-0.15, -0.1) is 18.2 Å². The molecular formula is C14H16ClF3Si. The highest BCUT2D eigenvalue weighted by atomic mass is 35.5. The minimum absolute atomic E-state index is 0.340. The molecule has 2 radical (unpaired) electrons. The predicted molar refractivity (Wildman–Crippen MR) is 75.4 cm³/mol. The first-order valence-corrected chi connectivity index (χ1v) is 7.81.